The van der Waals surface area contributed by atoms with Gasteiger partial charge in [0.15, 0.2) is 23.3 Å². The number of hydrogen-bond acceptors (Lipinski definition) is 4. The lowest BCUT2D eigenvalue weighted by atomic mass is 9.37. The van der Waals surface area contributed by atoms with Gasteiger partial charge in [-0.15, -0.1) is 11.3 Å². The van der Waals surface area contributed by atoms with Crippen LogP contribution in [0.15, 0.2) is 91.0 Å². The van der Waals surface area contributed by atoms with Gasteiger partial charge in [0.2, 0.25) is 0 Å². The average Bonchev–Trinajstić information content (AvgIpc) is 3.66. The van der Waals surface area contributed by atoms with Gasteiger partial charge in [0.05, 0.1) is 11.4 Å². The van der Waals surface area contributed by atoms with Crippen LogP contribution >= 0.6 is 11.3 Å². The molecule has 11 rings (SSSR count). The Kier molecular flexibility index (Phi) is 10.4. The van der Waals surface area contributed by atoms with Crippen LogP contribution in [0.25, 0.3) is 10.1 Å². The summed E-state index contributed by atoms with van der Waals surface area (Å²) >= 11 is 1.76. The molecule has 6 aromatic carbocycles. The highest BCUT2D eigenvalue weighted by Gasteiger charge is 2.48. The summed E-state index contributed by atoms with van der Waals surface area (Å²) in [6.45, 7) is 28.9. The van der Waals surface area contributed by atoms with Crippen molar-refractivity contribution in [3.05, 3.63) is 148 Å². The van der Waals surface area contributed by atoms with Crippen molar-refractivity contribution in [1.29, 1.82) is 0 Å². The maximum absolute atomic E-state index is 18.5. The van der Waals surface area contributed by atoms with Gasteiger partial charge in [-0.3, -0.25) is 4.90 Å². The number of anilines is 6. The van der Waals surface area contributed by atoms with Crippen molar-refractivity contribution in [1.82, 2.24) is 0 Å². The minimum Gasteiger partial charge on any atom is -0.458 e. The van der Waals surface area contributed by atoms with Gasteiger partial charge < -0.3 is 9.64 Å². The lowest BCUT2D eigenvalue weighted by Crippen LogP contribution is -2.58. The second-order valence-electron chi connectivity index (χ2n) is 25.6. The van der Waals surface area contributed by atoms with E-state index in [0.29, 0.717) is 52.3 Å². The van der Waals surface area contributed by atoms with Crippen LogP contribution in [0.2, 0.25) is 0 Å². The molecule has 2 aliphatic heterocycles. The highest BCUT2D eigenvalue weighted by atomic mass is 32.1. The van der Waals surface area contributed by atoms with Crippen LogP contribution in [-0.2, 0) is 32.5 Å². The van der Waals surface area contributed by atoms with Crippen molar-refractivity contribution in [2.75, 3.05) is 9.80 Å². The topological polar surface area (TPSA) is 15.7 Å². The van der Waals surface area contributed by atoms with Crippen molar-refractivity contribution >= 4 is 78.0 Å². The smallest absolute Gasteiger partial charge is 0.268 e. The first-order valence-corrected chi connectivity index (χ1v) is 26.2. The Bertz CT molecular complexity index is 3300. The molecule has 0 atom stereocenters. The van der Waals surface area contributed by atoms with Crippen LogP contribution in [0.1, 0.15) is 156 Å². The lowest BCUT2D eigenvalue weighted by Gasteiger charge is -2.44. The molecule has 0 unspecified atom stereocenters. The zero-order valence-electron chi connectivity index (χ0n) is 43.8. The van der Waals surface area contributed by atoms with Crippen LogP contribution in [-0.4, -0.2) is 6.71 Å². The second-order valence-corrected chi connectivity index (χ2v) is 26.7. The molecule has 0 bridgehead atoms. The van der Waals surface area contributed by atoms with Crippen molar-refractivity contribution < 1.29 is 22.3 Å². The molecule has 7 aromatic rings. The van der Waals surface area contributed by atoms with Gasteiger partial charge >= 0.3 is 0 Å². The summed E-state index contributed by atoms with van der Waals surface area (Å²) in [7, 11) is 0. The molecule has 0 N–H and O–H groups in total. The quantitative estimate of drug-likeness (QED) is 0.129. The summed E-state index contributed by atoms with van der Waals surface area (Å²) in [6.07, 6.45) is 2.75. The van der Waals surface area contributed by atoms with Crippen molar-refractivity contribution in [2.24, 2.45) is 0 Å². The largest absolute Gasteiger partial charge is 0.458 e. The third kappa shape index (κ3) is 7.23. The number of fused-ring (bicyclic) bond motifs is 8. The lowest BCUT2D eigenvalue weighted by molar-refractivity contribution is 0.317. The third-order valence-corrected chi connectivity index (χ3v) is 18.0. The molecule has 0 radical (unpaired) electrons. The van der Waals surface area contributed by atoms with Crippen molar-refractivity contribution in [2.45, 2.75) is 155 Å². The summed E-state index contributed by atoms with van der Waals surface area (Å²) in [6, 6.07) is 29.8. The van der Waals surface area contributed by atoms with Crippen LogP contribution in [0.4, 0.5) is 51.7 Å². The fraction of sp³-hybridized carbons (Fsp3) is 0.387. The molecule has 0 saturated carbocycles. The molecular weight excluding hydrogens is 908 g/mol. The Morgan fingerprint density at radius 1 is 0.592 bits per heavy atom. The number of thiophene rings is 1. The van der Waals surface area contributed by atoms with E-state index in [0.717, 1.165) is 55.6 Å². The highest BCUT2D eigenvalue weighted by molar-refractivity contribution is 7.33. The molecule has 3 nitrogen and oxygen atoms in total. The minimum absolute atomic E-state index is 0.121. The first-order valence-electron chi connectivity index (χ1n) is 25.4. The van der Waals surface area contributed by atoms with E-state index in [9.17, 15) is 0 Å². The van der Waals surface area contributed by atoms with Gasteiger partial charge in [-0.1, -0.05) is 133 Å². The fourth-order valence-electron chi connectivity index (χ4n) is 12.3. The standard InChI is InChI=1S/C62H65BF4N2OS/c1-57(2,3)34-19-22-36(23-20-34)68-44-30-37(31-46-50(44)63(41-17-15-16-18-45(41)70-46)56-53(68)38-29-35(58(4,5)6)21-24-47(38)71-56)69(54-42(64)32-39-48(51(54)66)61(11,12)27-25-59(39,7)8)55-43(65)33-40-49(52(55)67)62(13,14)28-26-60(40,9)10/h15-24,29-33H,25-28H2,1-14H3. The Morgan fingerprint density at radius 2 is 1.11 bits per heavy atom. The monoisotopic (exact) mass is 972 g/mol. The van der Waals surface area contributed by atoms with E-state index in [1.165, 1.54) is 22.6 Å². The predicted molar refractivity (Wildman–Crippen MR) is 290 cm³/mol. The Labute approximate surface area is 422 Å². The van der Waals surface area contributed by atoms with Gasteiger partial charge in [0.1, 0.15) is 22.9 Å². The molecule has 0 fully saturated rings. The summed E-state index contributed by atoms with van der Waals surface area (Å²) in [5.41, 5.74) is 4.99. The van der Waals surface area contributed by atoms with Crippen molar-refractivity contribution in [3.63, 3.8) is 0 Å². The van der Waals surface area contributed by atoms with Crippen LogP contribution in [0.3, 0.4) is 0 Å². The van der Waals surface area contributed by atoms with Gasteiger partial charge in [-0.05, 0) is 151 Å². The van der Waals surface area contributed by atoms with Gasteiger partial charge in [-0.25, -0.2) is 17.6 Å². The SMILES string of the molecule is CC(C)(C)c1ccc(N2c3cc(N(c4c(F)cc5c(c4F)C(C)(C)CCC5(C)C)c4c(F)cc5c(c4F)C(C)(C)CCC5(C)C)cc4c3B(c3ccccc3O4)c3sc4ccc(C(C)(C)C)cc4c32)cc1. The number of nitrogens with zero attached hydrogens (tertiary/aromatic N) is 2. The van der Waals surface area contributed by atoms with E-state index >= 15 is 17.6 Å². The van der Waals surface area contributed by atoms with Crippen LogP contribution in [0.5, 0.6) is 11.5 Å². The number of ether oxygens (including phenoxy) is 1. The van der Waals surface area contributed by atoms with E-state index in [2.05, 4.69) is 95.0 Å². The molecular formula is C62H65BF4N2OS. The number of halogens is 4. The molecule has 0 amide bonds. The summed E-state index contributed by atoms with van der Waals surface area (Å²) in [4.78, 5) is 3.46. The zero-order chi connectivity index (χ0) is 50.9. The number of benzene rings is 6. The highest BCUT2D eigenvalue weighted by Crippen LogP contribution is 2.56. The van der Waals surface area contributed by atoms with E-state index in [4.69, 9.17) is 4.74 Å². The molecule has 9 heteroatoms. The number of para-hydroxylation sites is 1. The second kappa shape index (κ2) is 15.5. The molecule has 1 aromatic heterocycles. The van der Waals surface area contributed by atoms with Gasteiger partial charge in [-0.2, -0.15) is 0 Å². The van der Waals surface area contributed by atoms with Gasteiger partial charge in [0.25, 0.3) is 6.71 Å². The normalized spacial score (nSPS) is 18.0. The summed E-state index contributed by atoms with van der Waals surface area (Å²) in [5.74, 6) is -2.34. The van der Waals surface area contributed by atoms with Crippen molar-refractivity contribution in [3.8, 4) is 11.5 Å². The maximum Gasteiger partial charge on any atom is 0.268 e. The van der Waals surface area contributed by atoms with Crippen LogP contribution in [0, 0.1) is 23.3 Å². The third-order valence-electron chi connectivity index (χ3n) is 16.8. The molecule has 0 spiro atoms. The fourth-order valence-corrected chi connectivity index (χ4v) is 13.6. The molecule has 0 saturated heterocycles. The van der Waals surface area contributed by atoms with E-state index in [1.807, 2.05) is 79.7 Å². The van der Waals surface area contributed by atoms with E-state index in [-0.39, 0.29) is 23.2 Å². The summed E-state index contributed by atoms with van der Waals surface area (Å²) < 4.78 is 82.1. The number of hydrogen-bond donors (Lipinski definition) is 0. The first-order chi connectivity index (χ1) is 33.1. The first kappa shape index (κ1) is 47.8. The average molecular weight is 973 g/mol. The summed E-state index contributed by atoms with van der Waals surface area (Å²) in [5, 5.41) is 1.07. The molecule has 71 heavy (non-hydrogen) atoms. The Hall–Kier alpha value is -5.54. The Balaban J connectivity index is 1.28. The van der Waals surface area contributed by atoms with E-state index < -0.39 is 56.3 Å². The van der Waals surface area contributed by atoms with E-state index in [1.54, 1.807) is 17.4 Å². The molecule has 366 valence electrons. The van der Waals surface area contributed by atoms with Gasteiger partial charge in [0, 0.05) is 32.3 Å². The maximum atomic E-state index is 18.5. The molecule has 2 aliphatic carbocycles. The predicted octanol–water partition coefficient (Wildman–Crippen LogP) is 16.6. The van der Waals surface area contributed by atoms with Crippen LogP contribution < -0.4 is 30.2 Å². The zero-order valence-corrected chi connectivity index (χ0v) is 44.6. The number of rotatable bonds is 4. The molecule has 3 heterocycles. The molecule has 4 aliphatic rings. The minimum atomic E-state index is -0.894. The Morgan fingerprint density at radius 3 is 1.66 bits per heavy atom.